The lowest BCUT2D eigenvalue weighted by Gasteiger charge is -2.25. The molecular weight excluding hydrogens is 282 g/mol. The van der Waals surface area contributed by atoms with E-state index in [-0.39, 0.29) is 11.9 Å². The summed E-state index contributed by atoms with van der Waals surface area (Å²) >= 11 is 1.68. The highest BCUT2D eigenvalue weighted by molar-refractivity contribution is 7.10. The minimum absolute atomic E-state index is 0.0442. The Balaban J connectivity index is 2.21. The van der Waals surface area contributed by atoms with Crippen LogP contribution in [-0.4, -0.2) is 15.9 Å². The Hall–Kier alpha value is -1.75. The standard InChI is InChI=1S/C16H21N3OS/c1-4-12(5-2)15(14-7-6-10-21-14)19-16(20)13-8-9-17-11(3)18-13/h6-10,12,15H,4-5H2,1-3H3,(H,19,20). The zero-order valence-corrected chi connectivity index (χ0v) is 13.5. The molecule has 0 aliphatic rings. The third kappa shape index (κ3) is 3.88. The highest BCUT2D eigenvalue weighted by Crippen LogP contribution is 2.30. The summed E-state index contributed by atoms with van der Waals surface area (Å²) in [6.07, 6.45) is 3.68. The first-order chi connectivity index (χ1) is 10.2. The number of nitrogens with zero attached hydrogens (tertiary/aromatic N) is 2. The van der Waals surface area contributed by atoms with E-state index in [2.05, 4.69) is 35.2 Å². The maximum absolute atomic E-state index is 12.4. The first-order valence-corrected chi connectivity index (χ1v) is 8.17. The molecule has 1 unspecified atom stereocenters. The van der Waals surface area contributed by atoms with Gasteiger partial charge in [-0.1, -0.05) is 32.8 Å². The maximum atomic E-state index is 12.4. The number of carbonyl (C=O) groups excluding carboxylic acids is 1. The number of amides is 1. The highest BCUT2D eigenvalue weighted by atomic mass is 32.1. The van der Waals surface area contributed by atoms with Gasteiger partial charge in [0, 0.05) is 11.1 Å². The van der Waals surface area contributed by atoms with Crippen molar-refractivity contribution in [1.29, 1.82) is 0 Å². The van der Waals surface area contributed by atoms with Crippen LogP contribution in [0.4, 0.5) is 0 Å². The van der Waals surface area contributed by atoms with Crippen LogP contribution in [0.25, 0.3) is 0 Å². The molecule has 4 nitrogen and oxygen atoms in total. The molecule has 21 heavy (non-hydrogen) atoms. The average Bonchev–Trinajstić information content (AvgIpc) is 3.01. The van der Waals surface area contributed by atoms with Crippen LogP contribution in [0.15, 0.2) is 29.8 Å². The van der Waals surface area contributed by atoms with E-state index in [9.17, 15) is 4.79 Å². The van der Waals surface area contributed by atoms with Gasteiger partial charge in [-0.15, -0.1) is 11.3 Å². The predicted octanol–water partition coefficient (Wildman–Crippen LogP) is 3.75. The number of rotatable bonds is 6. The number of nitrogens with one attached hydrogen (secondary N) is 1. The van der Waals surface area contributed by atoms with Crippen molar-refractivity contribution in [2.45, 2.75) is 39.7 Å². The van der Waals surface area contributed by atoms with Crippen LogP contribution >= 0.6 is 11.3 Å². The Morgan fingerprint density at radius 1 is 1.33 bits per heavy atom. The quantitative estimate of drug-likeness (QED) is 0.884. The summed E-state index contributed by atoms with van der Waals surface area (Å²) < 4.78 is 0. The van der Waals surface area contributed by atoms with E-state index in [1.165, 1.54) is 4.88 Å². The summed E-state index contributed by atoms with van der Waals surface area (Å²) in [7, 11) is 0. The summed E-state index contributed by atoms with van der Waals surface area (Å²) in [6.45, 7) is 6.11. The third-order valence-electron chi connectivity index (χ3n) is 3.67. The van der Waals surface area contributed by atoms with Gasteiger partial charge in [-0.25, -0.2) is 9.97 Å². The van der Waals surface area contributed by atoms with Gasteiger partial charge in [0.15, 0.2) is 0 Å². The van der Waals surface area contributed by atoms with Crippen molar-refractivity contribution in [3.8, 4) is 0 Å². The monoisotopic (exact) mass is 303 g/mol. The minimum atomic E-state index is -0.134. The lowest BCUT2D eigenvalue weighted by atomic mass is 9.93. The van der Waals surface area contributed by atoms with E-state index in [1.54, 1.807) is 30.5 Å². The largest absolute Gasteiger partial charge is 0.343 e. The second kappa shape index (κ2) is 7.31. The predicted molar refractivity (Wildman–Crippen MR) is 85.4 cm³/mol. The minimum Gasteiger partial charge on any atom is -0.343 e. The van der Waals surface area contributed by atoms with E-state index < -0.39 is 0 Å². The maximum Gasteiger partial charge on any atom is 0.270 e. The number of hydrogen-bond donors (Lipinski definition) is 1. The molecule has 2 rings (SSSR count). The normalized spacial score (nSPS) is 12.4. The van der Waals surface area contributed by atoms with Crippen LogP contribution in [0.3, 0.4) is 0 Å². The molecule has 2 aromatic heterocycles. The fraction of sp³-hybridized carbons (Fsp3) is 0.438. The lowest BCUT2D eigenvalue weighted by Crippen LogP contribution is -2.33. The molecule has 0 bridgehead atoms. The molecule has 5 heteroatoms. The van der Waals surface area contributed by atoms with Gasteiger partial charge in [0.2, 0.25) is 0 Å². The van der Waals surface area contributed by atoms with Crippen LogP contribution in [0.1, 0.15) is 53.9 Å². The van der Waals surface area contributed by atoms with Crippen molar-refractivity contribution >= 4 is 17.2 Å². The Labute approximate surface area is 129 Å². The number of aromatic nitrogens is 2. The van der Waals surface area contributed by atoms with Crippen LogP contribution in [-0.2, 0) is 0 Å². The molecule has 1 atom stereocenters. The van der Waals surface area contributed by atoms with Crippen molar-refractivity contribution in [3.05, 3.63) is 46.2 Å². The molecule has 0 saturated heterocycles. The summed E-state index contributed by atoms with van der Waals surface area (Å²) in [5.74, 6) is 0.902. The molecule has 1 N–H and O–H groups in total. The molecule has 1 amide bonds. The first kappa shape index (κ1) is 15.6. The van der Waals surface area contributed by atoms with Crippen LogP contribution in [0.2, 0.25) is 0 Å². The lowest BCUT2D eigenvalue weighted by molar-refractivity contribution is 0.0915. The van der Waals surface area contributed by atoms with Gasteiger partial charge in [0.25, 0.3) is 5.91 Å². The molecular formula is C16H21N3OS. The zero-order valence-electron chi connectivity index (χ0n) is 12.7. The molecule has 0 spiro atoms. The summed E-state index contributed by atoms with van der Waals surface area (Å²) in [5.41, 5.74) is 0.426. The Morgan fingerprint density at radius 2 is 2.10 bits per heavy atom. The molecule has 0 aliphatic heterocycles. The van der Waals surface area contributed by atoms with E-state index >= 15 is 0 Å². The molecule has 0 aliphatic carbocycles. The summed E-state index contributed by atoms with van der Waals surface area (Å²) in [5, 5.41) is 5.19. The van der Waals surface area contributed by atoms with Gasteiger partial charge >= 0.3 is 0 Å². The van der Waals surface area contributed by atoms with Crippen molar-refractivity contribution in [3.63, 3.8) is 0 Å². The zero-order chi connectivity index (χ0) is 15.2. The number of hydrogen-bond acceptors (Lipinski definition) is 4. The molecule has 112 valence electrons. The van der Waals surface area contributed by atoms with Crippen molar-refractivity contribution in [2.75, 3.05) is 0 Å². The van der Waals surface area contributed by atoms with Crippen LogP contribution in [0.5, 0.6) is 0 Å². The van der Waals surface area contributed by atoms with Gasteiger partial charge < -0.3 is 5.32 Å². The molecule has 0 saturated carbocycles. The molecule has 0 aromatic carbocycles. The fourth-order valence-electron chi connectivity index (χ4n) is 2.45. The second-order valence-corrected chi connectivity index (χ2v) is 6.01. The fourth-order valence-corrected chi connectivity index (χ4v) is 3.32. The van der Waals surface area contributed by atoms with E-state index in [0.717, 1.165) is 12.8 Å². The Kier molecular flexibility index (Phi) is 5.44. The highest BCUT2D eigenvalue weighted by Gasteiger charge is 2.24. The van der Waals surface area contributed by atoms with E-state index in [1.807, 2.05) is 11.4 Å². The van der Waals surface area contributed by atoms with Crippen LogP contribution in [0, 0.1) is 12.8 Å². The van der Waals surface area contributed by atoms with Crippen molar-refractivity contribution in [1.82, 2.24) is 15.3 Å². The average molecular weight is 303 g/mol. The van der Waals surface area contributed by atoms with E-state index in [4.69, 9.17) is 0 Å². The smallest absolute Gasteiger partial charge is 0.270 e. The summed E-state index contributed by atoms with van der Waals surface area (Å²) in [4.78, 5) is 21.9. The SMILES string of the molecule is CCC(CC)C(NC(=O)c1ccnc(C)n1)c1cccs1. The Morgan fingerprint density at radius 3 is 2.67 bits per heavy atom. The second-order valence-electron chi connectivity index (χ2n) is 5.03. The van der Waals surface area contributed by atoms with Gasteiger partial charge in [-0.3, -0.25) is 4.79 Å². The number of aryl methyl sites for hydroxylation is 1. The molecule has 0 fully saturated rings. The van der Waals surface area contributed by atoms with Gasteiger partial charge in [-0.05, 0) is 30.4 Å². The third-order valence-corrected chi connectivity index (χ3v) is 4.62. The first-order valence-electron chi connectivity index (χ1n) is 7.29. The summed E-state index contributed by atoms with van der Waals surface area (Å²) in [6, 6.07) is 5.80. The number of carbonyl (C=O) groups is 1. The van der Waals surface area contributed by atoms with Gasteiger partial charge in [-0.2, -0.15) is 0 Å². The van der Waals surface area contributed by atoms with Crippen molar-refractivity contribution < 1.29 is 4.79 Å². The van der Waals surface area contributed by atoms with Gasteiger partial charge in [0.1, 0.15) is 11.5 Å². The topological polar surface area (TPSA) is 54.9 Å². The molecule has 2 aromatic rings. The van der Waals surface area contributed by atoms with Gasteiger partial charge in [0.05, 0.1) is 6.04 Å². The van der Waals surface area contributed by atoms with Crippen molar-refractivity contribution in [2.24, 2.45) is 5.92 Å². The Bertz CT molecular complexity index is 579. The molecule has 2 heterocycles. The number of thiophene rings is 1. The van der Waals surface area contributed by atoms with E-state index in [0.29, 0.717) is 17.4 Å². The van der Waals surface area contributed by atoms with Crippen LogP contribution < -0.4 is 5.32 Å². The molecule has 0 radical (unpaired) electrons.